The van der Waals surface area contributed by atoms with Gasteiger partial charge in [0.05, 0.1) is 7.11 Å². The average Bonchev–Trinajstić information content (AvgIpc) is 3.53. The fraction of sp³-hybridized carbons (Fsp3) is 0.348. The highest BCUT2D eigenvalue weighted by molar-refractivity contribution is 14.0. The Kier molecular flexibility index (Phi) is 8.78. The largest absolute Gasteiger partial charge is 0.493 e. The maximum Gasteiger partial charge on any atom is 0.191 e. The highest BCUT2D eigenvalue weighted by Gasteiger charge is 2.44. The fourth-order valence-electron chi connectivity index (χ4n) is 3.26. The molecule has 1 saturated carbocycles. The molecule has 30 heavy (non-hydrogen) atoms. The summed E-state index contributed by atoms with van der Waals surface area (Å²) >= 11 is 0. The highest BCUT2D eigenvalue weighted by atomic mass is 127. The Bertz CT molecular complexity index is 923. The van der Waals surface area contributed by atoms with Crippen LogP contribution < -0.4 is 20.1 Å². The first kappa shape index (κ1) is 23.8. The van der Waals surface area contributed by atoms with Gasteiger partial charge >= 0.3 is 0 Å². The normalized spacial score (nSPS) is 14.1. The number of rotatable bonds is 8. The molecule has 0 heterocycles. The van der Waals surface area contributed by atoms with E-state index in [0.717, 1.165) is 24.0 Å². The fourth-order valence-corrected chi connectivity index (χ4v) is 3.26. The second-order valence-electron chi connectivity index (χ2n) is 7.05. The molecule has 7 heteroatoms. The van der Waals surface area contributed by atoms with Gasteiger partial charge in [0.15, 0.2) is 17.5 Å². The highest BCUT2D eigenvalue weighted by Crippen LogP contribution is 2.47. The Hall–Kier alpha value is -2.47. The van der Waals surface area contributed by atoms with Crippen LogP contribution in [0.25, 0.3) is 0 Å². The number of terminal acetylenes is 1. The third-order valence-corrected chi connectivity index (χ3v) is 5.11. The molecule has 0 atom stereocenters. The van der Waals surface area contributed by atoms with Crippen molar-refractivity contribution in [3.05, 3.63) is 59.4 Å². The molecule has 5 nitrogen and oxygen atoms in total. The van der Waals surface area contributed by atoms with Gasteiger partial charge in [-0.05, 0) is 48.2 Å². The minimum Gasteiger partial charge on any atom is -0.493 e. The number of hydrogen-bond donors (Lipinski definition) is 2. The Balaban J connectivity index is 0.00000320. The first-order chi connectivity index (χ1) is 14.1. The minimum absolute atomic E-state index is 0. The van der Waals surface area contributed by atoms with Crippen LogP contribution in [0, 0.1) is 18.2 Å². The maximum absolute atomic E-state index is 13.6. The summed E-state index contributed by atoms with van der Waals surface area (Å²) in [5, 5.41) is 6.66. The molecule has 0 amide bonds. The van der Waals surface area contributed by atoms with Crippen LogP contribution in [0.3, 0.4) is 0 Å². The molecule has 0 aromatic heterocycles. The molecule has 0 bridgehead atoms. The number of halogens is 2. The molecule has 160 valence electrons. The predicted molar refractivity (Wildman–Crippen MR) is 128 cm³/mol. The third kappa shape index (κ3) is 6.02. The summed E-state index contributed by atoms with van der Waals surface area (Å²) in [4.78, 5) is 4.29. The molecule has 0 saturated heterocycles. The maximum atomic E-state index is 13.6. The minimum atomic E-state index is -0.196. The summed E-state index contributed by atoms with van der Waals surface area (Å²) in [6.45, 7) is 1.44. The predicted octanol–water partition coefficient (Wildman–Crippen LogP) is 3.86. The number of ether oxygens (including phenoxy) is 2. The summed E-state index contributed by atoms with van der Waals surface area (Å²) in [7, 11) is 3.32. The van der Waals surface area contributed by atoms with Crippen LogP contribution in [0.2, 0.25) is 0 Å². The average molecular weight is 523 g/mol. The van der Waals surface area contributed by atoms with Gasteiger partial charge in [0.25, 0.3) is 0 Å². The first-order valence-corrected chi connectivity index (χ1v) is 9.54. The zero-order valence-corrected chi connectivity index (χ0v) is 19.5. The van der Waals surface area contributed by atoms with Gasteiger partial charge in [-0.2, -0.15) is 0 Å². The van der Waals surface area contributed by atoms with E-state index < -0.39 is 0 Å². The molecule has 0 radical (unpaired) electrons. The smallest absolute Gasteiger partial charge is 0.191 e. The standard InChI is InChI=1S/C23H26FN3O2.HI/c1-4-12-29-21-13-17(8-9-20(21)28-3)15-26-22(25-2)27-16-23(10-11-23)18-6-5-7-19(24)14-18;/h1,5-9,13-14H,10-12,15-16H2,2-3H3,(H2,25,26,27);1H. The van der Waals surface area contributed by atoms with E-state index in [4.69, 9.17) is 15.9 Å². The Labute approximate surface area is 194 Å². The number of hydrogen-bond acceptors (Lipinski definition) is 3. The van der Waals surface area contributed by atoms with Gasteiger partial charge < -0.3 is 20.1 Å². The van der Waals surface area contributed by atoms with Crippen LogP contribution in [-0.2, 0) is 12.0 Å². The van der Waals surface area contributed by atoms with E-state index in [1.165, 1.54) is 6.07 Å². The zero-order valence-electron chi connectivity index (χ0n) is 17.2. The van der Waals surface area contributed by atoms with Gasteiger partial charge in [-0.25, -0.2) is 4.39 Å². The van der Waals surface area contributed by atoms with E-state index >= 15 is 0 Å². The number of nitrogens with one attached hydrogen (secondary N) is 2. The van der Waals surface area contributed by atoms with Crippen LogP contribution in [0.1, 0.15) is 24.0 Å². The van der Waals surface area contributed by atoms with Crippen molar-refractivity contribution in [3.63, 3.8) is 0 Å². The topological polar surface area (TPSA) is 54.9 Å². The number of aliphatic imine (C=N–C) groups is 1. The number of guanidine groups is 1. The van der Waals surface area contributed by atoms with E-state index in [1.807, 2.05) is 24.3 Å². The summed E-state index contributed by atoms with van der Waals surface area (Å²) in [6.07, 6.45) is 7.35. The van der Waals surface area contributed by atoms with Crippen LogP contribution in [-0.4, -0.2) is 33.3 Å². The van der Waals surface area contributed by atoms with Crippen molar-refractivity contribution in [1.82, 2.24) is 10.6 Å². The number of nitrogens with zero attached hydrogens (tertiary/aromatic N) is 1. The zero-order chi connectivity index (χ0) is 20.7. The molecule has 0 unspecified atom stereocenters. The first-order valence-electron chi connectivity index (χ1n) is 9.54. The van der Waals surface area contributed by atoms with Crippen LogP contribution in [0.5, 0.6) is 11.5 Å². The van der Waals surface area contributed by atoms with E-state index in [0.29, 0.717) is 30.5 Å². The van der Waals surface area contributed by atoms with Gasteiger partial charge in [-0.1, -0.05) is 24.1 Å². The Morgan fingerprint density at radius 3 is 2.63 bits per heavy atom. The van der Waals surface area contributed by atoms with Crippen molar-refractivity contribution in [1.29, 1.82) is 0 Å². The van der Waals surface area contributed by atoms with Gasteiger partial charge in [-0.15, -0.1) is 30.4 Å². The lowest BCUT2D eigenvalue weighted by atomic mass is 9.96. The van der Waals surface area contributed by atoms with Crippen LogP contribution in [0.15, 0.2) is 47.5 Å². The Morgan fingerprint density at radius 1 is 1.20 bits per heavy atom. The summed E-state index contributed by atoms with van der Waals surface area (Å²) in [5.74, 6) is 4.19. The molecule has 1 aliphatic carbocycles. The van der Waals surface area contributed by atoms with Crippen molar-refractivity contribution in [2.75, 3.05) is 27.3 Å². The molecule has 2 aromatic carbocycles. The molecule has 3 rings (SSSR count). The summed E-state index contributed by atoms with van der Waals surface area (Å²) in [5.41, 5.74) is 2.02. The van der Waals surface area contributed by atoms with Crippen molar-refractivity contribution < 1.29 is 13.9 Å². The summed E-state index contributed by atoms with van der Waals surface area (Å²) < 4.78 is 24.4. The molecule has 0 spiro atoms. The van der Waals surface area contributed by atoms with E-state index in [2.05, 4.69) is 21.5 Å². The van der Waals surface area contributed by atoms with Crippen LogP contribution >= 0.6 is 24.0 Å². The lowest BCUT2D eigenvalue weighted by molar-refractivity contribution is 0.330. The van der Waals surface area contributed by atoms with E-state index in [-0.39, 0.29) is 41.8 Å². The van der Waals surface area contributed by atoms with E-state index in [9.17, 15) is 4.39 Å². The van der Waals surface area contributed by atoms with Gasteiger partial charge in [0.1, 0.15) is 12.4 Å². The van der Waals surface area contributed by atoms with Crippen LogP contribution in [0.4, 0.5) is 4.39 Å². The third-order valence-electron chi connectivity index (χ3n) is 5.11. The SMILES string of the molecule is C#CCOc1cc(CNC(=NC)NCC2(c3cccc(F)c3)CC2)ccc1OC.I. The number of benzene rings is 2. The van der Waals surface area contributed by atoms with Crippen molar-refractivity contribution >= 4 is 29.9 Å². The molecule has 0 aliphatic heterocycles. The van der Waals surface area contributed by atoms with Crippen molar-refractivity contribution in [2.24, 2.45) is 4.99 Å². The monoisotopic (exact) mass is 523 g/mol. The molecular formula is C23H27FIN3O2. The van der Waals surface area contributed by atoms with Gasteiger partial charge in [0.2, 0.25) is 0 Å². The second-order valence-corrected chi connectivity index (χ2v) is 7.05. The number of methoxy groups -OCH3 is 1. The lowest BCUT2D eigenvalue weighted by Crippen LogP contribution is -2.40. The lowest BCUT2D eigenvalue weighted by Gasteiger charge is -2.19. The quantitative estimate of drug-likeness (QED) is 0.239. The van der Waals surface area contributed by atoms with Gasteiger partial charge in [0, 0.05) is 25.6 Å². The van der Waals surface area contributed by atoms with Crippen molar-refractivity contribution in [2.45, 2.75) is 24.8 Å². The second kappa shape index (κ2) is 11.1. The molecule has 1 aliphatic rings. The molecule has 2 aromatic rings. The molecule has 2 N–H and O–H groups in total. The van der Waals surface area contributed by atoms with E-state index in [1.54, 1.807) is 26.3 Å². The molecule has 1 fully saturated rings. The summed E-state index contributed by atoms with van der Waals surface area (Å²) in [6, 6.07) is 12.6. The van der Waals surface area contributed by atoms with Gasteiger partial charge in [-0.3, -0.25) is 4.99 Å². The Morgan fingerprint density at radius 2 is 2.00 bits per heavy atom. The van der Waals surface area contributed by atoms with Crippen molar-refractivity contribution in [3.8, 4) is 23.8 Å². The molecular weight excluding hydrogens is 496 g/mol.